The van der Waals surface area contributed by atoms with Gasteiger partial charge in [0.05, 0.1) is 0 Å². The van der Waals surface area contributed by atoms with Gasteiger partial charge in [0.25, 0.3) is 0 Å². The van der Waals surface area contributed by atoms with Crippen molar-refractivity contribution in [3.05, 3.63) is 30.0 Å². The lowest BCUT2D eigenvalue weighted by Gasteiger charge is -2.02. The smallest absolute Gasteiger partial charge is 0.387 e. The lowest BCUT2D eigenvalue weighted by Crippen LogP contribution is -2.01. The van der Waals surface area contributed by atoms with Crippen LogP contribution in [0.15, 0.2) is 28.7 Å². The van der Waals surface area contributed by atoms with Crippen LogP contribution in [-0.2, 0) is 0 Å². The number of ether oxygens (including phenoxy) is 1. The van der Waals surface area contributed by atoms with Crippen molar-refractivity contribution < 1.29 is 27.8 Å². The van der Waals surface area contributed by atoms with E-state index in [-0.39, 0.29) is 17.1 Å². The second-order valence-electron chi connectivity index (χ2n) is 2.99. The van der Waals surface area contributed by atoms with Crippen molar-refractivity contribution in [2.75, 3.05) is 0 Å². The minimum absolute atomic E-state index is 0.0752. The van der Waals surface area contributed by atoms with Crippen LogP contribution >= 0.6 is 0 Å². The van der Waals surface area contributed by atoms with Gasteiger partial charge in [0.1, 0.15) is 11.3 Å². The predicted molar refractivity (Wildman–Crippen MR) is 49.8 cm³/mol. The van der Waals surface area contributed by atoms with Crippen LogP contribution in [0, 0.1) is 0 Å². The molecule has 0 unspecified atom stereocenters. The Morgan fingerprint density at radius 3 is 2.75 bits per heavy atom. The van der Waals surface area contributed by atoms with Crippen LogP contribution in [0.5, 0.6) is 5.75 Å². The fourth-order valence-corrected chi connectivity index (χ4v) is 1.29. The summed E-state index contributed by atoms with van der Waals surface area (Å²) in [5, 5.41) is 9.17. The van der Waals surface area contributed by atoms with E-state index in [4.69, 9.17) is 9.52 Å². The molecule has 1 aromatic heterocycles. The Kier molecular flexibility index (Phi) is 2.47. The largest absolute Gasteiger partial charge is 0.475 e. The zero-order valence-electron chi connectivity index (χ0n) is 7.81. The van der Waals surface area contributed by atoms with Crippen LogP contribution in [0.4, 0.5) is 8.78 Å². The molecule has 16 heavy (non-hydrogen) atoms. The van der Waals surface area contributed by atoms with Crippen molar-refractivity contribution in [2.24, 2.45) is 0 Å². The van der Waals surface area contributed by atoms with Crippen LogP contribution in [-0.4, -0.2) is 17.7 Å². The Morgan fingerprint density at radius 1 is 1.38 bits per heavy atom. The number of hydrogen-bond donors (Lipinski definition) is 1. The zero-order valence-corrected chi connectivity index (χ0v) is 7.81. The normalized spacial score (nSPS) is 10.9. The third-order valence-electron chi connectivity index (χ3n) is 1.93. The van der Waals surface area contributed by atoms with Crippen molar-refractivity contribution >= 4 is 16.9 Å². The number of fused-ring (bicyclic) bond motifs is 1. The highest BCUT2D eigenvalue weighted by molar-refractivity contribution is 5.91. The average Bonchev–Trinajstić information content (AvgIpc) is 2.59. The molecule has 0 aliphatic carbocycles. The fourth-order valence-electron chi connectivity index (χ4n) is 1.29. The molecule has 0 aliphatic heterocycles. The summed E-state index contributed by atoms with van der Waals surface area (Å²) in [5.41, 5.74) is 0.190. The summed E-state index contributed by atoms with van der Waals surface area (Å²) < 4.78 is 32.9. The van der Waals surface area contributed by atoms with Gasteiger partial charge in [-0.15, -0.1) is 0 Å². The summed E-state index contributed by atoms with van der Waals surface area (Å²) in [7, 11) is 0. The van der Waals surface area contributed by atoms with Gasteiger partial charge in [-0.2, -0.15) is 8.78 Å². The van der Waals surface area contributed by atoms with E-state index in [9.17, 15) is 13.6 Å². The summed E-state index contributed by atoms with van der Waals surface area (Å²) in [4.78, 5) is 10.6. The van der Waals surface area contributed by atoms with Crippen LogP contribution < -0.4 is 4.74 Å². The monoisotopic (exact) mass is 228 g/mol. The molecule has 0 atom stereocenters. The fraction of sp³-hybridized carbons (Fsp3) is 0.100. The van der Waals surface area contributed by atoms with E-state index in [0.29, 0.717) is 5.39 Å². The molecular formula is C10H6F2O4. The molecule has 6 heteroatoms. The van der Waals surface area contributed by atoms with Gasteiger partial charge in [0.15, 0.2) is 0 Å². The first-order chi connectivity index (χ1) is 7.56. The minimum Gasteiger partial charge on any atom is -0.475 e. The van der Waals surface area contributed by atoms with Crippen molar-refractivity contribution in [1.82, 2.24) is 0 Å². The first-order valence-electron chi connectivity index (χ1n) is 4.28. The number of benzene rings is 1. The number of aromatic carboxylic acids is 1. The number of furan rings is 1. The predicted octanol–water partition coefficient (Wildman–Crippen LogP) is 2.73. The molecule has 1 aromatic carbocycles. The number of halogens is 2. The maximum atomic E-state index is 11.9. The maximum absolute atomic E-state index is 11.9. The SMILES string of the molecule is O=C(O)c1cc2ccc(OC(F)F)cc2o1. The Hall–Kier alpha value is -2.11. The van der Waals surface area contributed by atoms with Gasteiger partial charge in [-0.3, -0.25) is 0 Å². The quantitative estimate of drug-likeness (QED) is 0.877. The third kappa shape index (κ3) is 1.95. The highest BCUT2D eigenvalue weighted by atomic mass is 19.3. The molecular weight excluding hydrogens is 222 g/mol. The van der Waals surface area contributed by atoms with Gasteiger partial charge < -0.3 is 14.3 Å². The van der Waals surface area contributed by atoms with E-state index in [1.54, 1.807) is 0 Å². The lowest BCUT2D eigenvalue weighted by molar-refractivity contribution is -0.0497. The Morgan fingerprint density at radius 2 is 2.12 bits per heavy atom. The molecule has 0 aliphatic rings. The first-order valence-corrected chi connectivity index (χ1v) is 4.28. The van der Waals surface area contributed by atoms with Crippen molar-refractivity contribution in [2.45, 2.75) is 6.61 Å². The number of hydrogen-bond acceptors (Lipinski definition) is 3. The highest BCUT2D eigenvalue weighted by Crippen LogP contribution is 2.25. The molecule has 0 bridgehead atoms. The number of carbonyl (C=O) groups is 1. The second kappa shape index (κ2) is 3.80. The topological polar surface area (TPSA) is 59.7 Å². The Bertz CT molecular complexity index is 533. The maximum Gasteiger partial charge on any atom is 0.387 e. The van der Waals surface area contributed by atoms with E-state index in [1.807, 2.05) is 0 Å². The van der Waals surface area contributed by atoms with Gasteiger partial charge >= 0.3 is 12.6 Å². The van der Waals surface area contributed by atoms with E-state index >= 15 is 0 Å². The molecule has 0 saturated carbocycles. The molecule has 1 heterocycles. The zero-order chi connectivity index (χ0) is 11.7. The standard InChI is InChI=1S/C10H6F2O4/c11-10(12)15-6-2-1-5-3-8(9(13)14)16-7(5)4-6/h1-4,10H,(H,13,14). The lowest BCUT2D eigenvalue weighted by atomic mass is 10.2. The van der Waals surface area contributed by atoms with Gasteiger partial charge in [-0.25, -0.2) is 4.79 Å². The van der Waals surface area contributed by atoms with Crippen molar-refractivity contribution in [3.63, 3.8) is 0 Å². The van der Waals surface area contributed by atoms with Gasteiger partial charge in [0, 0.05) is 11.5 Å². The highest BCUT2D eigenvalue weighted by Gasteiger charge is 2.12. The summed E-state index contributed by atoms with van der Waals surface area (Å²) in [6, 6.07) is 5.29. The summed E-state index contributed by atoms with van der Waals surface area (Å²) in [6.45, 7) is -2.92. The van der Waals surface area contributed by atoms with Crippen LogP contribution in [0.3, 0.4) is 0 Å². The first kappa shape index (κ1) is 10.4. The van der Waals surface area contributed by atoms with Crippen LogP contribution in [0.2, 0.25) is 0 Å². The number of rotatable bonds is 3. The summed E-state index contributed by atoms with van der Waals surface area (Å²) in [5.74, 6) is -1.54. The molecule has 0 amide bonds. The van der Waals surface area contributed by atoms with E-state index in [0.717, 1.165) is 0 Å². The van der Waals surface area contributed by atoms with Crippen LogP contribution in [0.25, 0.3) is 11.0 Å². The Balaban J connectivity index is 2.41. The molecule has 0 radical (unpaired) electrons. The third-order valence-corrected chi connectivity index (χ3v) is 1.93. The van der Waals surface area contributed by atoms with E-state index in [2.05, 4.69) is 4.74 Å². The molecule has 2 rings (SSSR count). The molecule has 4 nitrogen and oxygen atoms in total. The summed E-state index contributed by atoms with van der Waals surface area (Å²) in [6.07, 6.45) is 0. The second-order valence-corrected chi connectivity index (χ2v) is 2.99. The molecule has 0 spiro atoms. The number of alkyl halides is 2. The average molecular weight is 228 g/mol. The van der Waals surface area contributed by atoms with Crippen LogP contribution in [0.1, 0.15) is 10.6 Å². The molecule has 2 aromatic rings. The van der Waals surface area contributed by atoms with Gasteiger partial charge in [0.2, 0.25) is 5.76 Å². The number of carboxylic acids is 1. The van der Waals surface area contributed by atoms with Crippen molar-refractivity contribution in [1.29, 1.82) is 0 Å². The Labute approximate surface area is 88.0 Å². The van der Waals surface area contributed by atoms with E-state index in [1.165, 1.54) is 24.3 Å². The summed E-state index contributed by atoms with van der Waals surface area (Å²) >= 11 is 0. The molecule has 84 valence electrons. The van der Waals surface area contributed by atoms with Gasteiger partial charge in [-0.05, 0) is 18.2 Å². The van der Waals surface area contributed by atoms with E-state index < -0.39 is 12.6 Å². The number of carboxylic acid groups (broad SMARTS) is 1. The molecule has 1 N–H and O–H groups in total. The van der Waals surface area contributed by atoms with Gasteiger partial charge in [-0.1, -0.05) is 0 Å². The van der Waals surface area contributed by atoms with Crippen molar-refractivity contribution in [3.8, 4) is 5.75 Å². The molecule has 0 fully saturated rings. The minimum atomic E-state index is -2.92. The molecule has 0 saturated heterocycles.